The van der Waals surface area contributed by atoms with Crippen LogP contribution in [0.15, 0.2) is 0 Å². The fraction of sp³-hybridized carbons (Fsp3) is 0.818. The molecule has 3 N–H and O–H groups in total. The van der Waals surface area contributed by atoms with Crippen molar-refractivity contribution in [2.45, 2.75) is 26.3 Å². The molecule has 0 saturated carbocycles. The van der Waals surface area contributed by atoms with Crippen LogP contribution in [0.25, 0.3) is 0 Å². The van der Waals surface area contributed by atoms with Crippen molar-refractivity contribution in [3.05, 3.63) is 0 Å². The minimum absolute atomic E-state index is 0.442. The predicted molar refractivity (Wildman–Crippen MR) is 64.9 cm³/mol. The van der Waals surface area contributed by atoms with E-state index in [1.165, 1.54) is 0 Å². The number of carbonyl (C=O) groups is 2. The van der Waals surface area contributed by atoms with E-state index in [9.17, 15) is 9.59 Å². The molecule has 104 valence electrons. The molecule has 1 aliphatic heterocycles. The molecule has 0 bridgehead atoms. The average molecular weight is 259 g/mol. The van der Waals surface area contributed by atoms with E-state index in [0.29, 0.717) is 18.5 Å². The molecule has 1 rings (SSSR count). The average Bonchev–Trinajstić information content (AvgIpc) is 2.74. The highest BCUT2D eigenvalue weighted by atomic mass is 16.7. The summed E-state index contributed by atoms with van der Waals surface area (Å²) in [6.07, 6.45) is 1.06. The molecule has 7 nitrogen and oxygen atoms in total. The predicted octanol–water partition coefficient (Wildman–Crippen LogP) is 0.0321. The third-order valence-electron chi connectivity index (χ3n) is 2.96. The van der Waals surface area contributed by atoms with Gasteiger partial charge in [-0.05, 0) is 32.7 Å². The van der Waals surface area contributed by atoms with E-state index in [1.54, 1.807) is 0 Å². The number of nitrogens with zero attached hydrogens (tertiary/aromatic N) is 1. The fourth-order valence-corrected chi connectivity index (χ4v) is 1.93. The van der Waals surface area contributed by atoms with Crippen LogP contribution in [0.3, 0.4) is 0 Å². The Balaban J connectivity index is 2.10. The molecule has 0 radical (unpaired) electrons. The van der Waals surface area contributed by atoms with Gasteiger partial charge in [-0.1, -0.05) is 0 Å². The molecule has 0 aromatic carbocycles. The molecule has 18 heavy (non-hydrogen) atoms. The summed E-state index contributed by atoms with van der Waals surface area (Å²) in [6.45, 7) is 6.38. The maximum Gasteiger partial charge on any atom is 0.338 e. The molecule has 1 atom stereocenters. The molecule has 7 heteroatoms. The van der Waals surface area contributed by atoms with Gasteiger partial charge in [0.05, 0.1) is 0 Å². The number of hydroxylamine groups is 1. The Morgan fingerprint density at radius 3 is 2.78 bits per heavy atom. The number of carbonyl (C=O) groups excluding carboxylic acids is 1. The van der Waals surface area contributed by atoms with Crippen LogP contribution < -0.4 is 10.8 Å². The zero-order valence-electron chi connectivity index (χ0n) is 10.8. The second-order valence-electron chi connectivity index (χ2n) is 4.74. The number of hydrogen-bond acceptors (Lipinski definition) is 4. The molecule has 0 aliphatic carbocycles. The minimum Gasteiger partial charge on any atom is -0.479 e. The number of hydrogen-bond donors (Lipinski definition) is 3. The zero-order valence-corrected chi connectivity index (χ0v) is 10.8. The van der Waals surface area contributed by atoms with E-state index in [0.717, 1.165) is 19.5 Å². The number of rotatable bonds is 6. The van der Waals surface area contributed by atoms with Crippen molar-refractivity contribution >= 4 is 12.0 Å². The molecule has 1 heterocycles. The lowest BCUT2D eigenvalue weighted by atomic mass is 10.1. The second-order valence-corrected chi connectivity index (χ2v) is 4.74. The number of carboxylic acid groups (broad SMARTS) is 1. The molecule has 1 aliphatic rings. The lowest BCUT2D eigenvalue weighted by molar-refractivity contribution is -0.144. The summed E-state index contributed by atoms with van der Waals surface area (Å²) < 4.78 is 0. The van der Waals surface area contributed by atoms with Crippen molar-refractivity contribution < 1.29 is 19.5 Å². The number of likely N-dealkylation sites (tertiary alicyclic amines) is 1. The second kappa shape index (κ2) is 7.17. The Labute approximate surface area is 106 Å². The SMILES string of the molecule is CC(C)N1CCC(CNC(=O)NOCC(=O)O)C1. The molecule has 0 aromatic rings. The highest BCUT2D eigenvalue weighted by Crippen LogP contribution is 2.17. The third-order valence-corrected chi connectivity index (χ3v) is 2.96. The van der Waals surface area contributed by atoms with Crippen LogP contribution in [0, 0.1) is 5.92 Å². The number of carboxylic acids is 1. The van der Waals surface area contributed by atoms with E-state index in [1.807, 2.05) is 5.48 Å². The van der Waals surface area contributed by atoms with Gasteiger partial charge in [-0.3, -0.25) is 4.84 Å². The first-order valence-electron chi connectivity index (χ1n) is 6.10. The van der Waals surface area contributed by atoms with Crippen LogP contribution in [0.1, 0.15) is 20.3 Å². The summed E-state index contributed by atoms with van der Waals surface area (Å²) in [5.41, 5.74) is 2.03. The van der Waals surface area contributed by atoms with Crippen LogP contribution in [0.5, 0.6) is 0 Å². The van der Waals surface area contributed by atoms with Gasteiger partial charge in [-0.2, -0.15) is 0 Å². The summed E-state index contributed by atoms with van der Waals surface area (Å²) in [6, 6.07) is 0.0296. The Kier molecular flexibility index (Phi) is 5.87. The number of amides is 2. The van der Waals surface area contributed by atoms with Crippen molar-refractivity contribution in [1.82, 2.24) is 15.7 Å². The van der Waals surface area contributed by atoms with Crippen LogP contribution >= 0.6 is 0 Å². The maximum atomic E-state index is 11.2. The summed E-state index contributed by atoms with van der Waals surface area (Å²) in [7, 11) is 0. The van der Waals surface area contributed by atoms with Crippen LogP contribution in [-0.4, -0.2) is 54.3 Å². The van der Waals surface area contributed by atoms with Gasteiger partial charge in [0.25, 0.3) is 0 Å². The monoisotopic (exact) mass is 259 g/mol. The zero-order chi connectivity index (χ0) is 13.5. The molecule has 1 fully saturated rings. The first-order chi connectivity index (χ1) is 8.49. The van der Waals surface area contributed by atoms with Gasteiger partial charge in [0.15, 0.2) is 6.61 Å². The smallest absolute Gasteiger partial charge is 0.338 e. The molecule has 1 saturated heterocycles. The van der Waals surface area contributed by atoms with Gasteiger partial charge in [0.1, 0.15) is 0 Å². The van der Waals surface area contributed by atoms with Crippen molar-refractivity contribution in [2.24, 2.45) is 5.92 Å². The molecule has 1 unspecified atom stereocenters. The van der Waals surface area contributed by atoms with Crippen molar-refractivity contribution in [1.29, 1.82) is 0 Å². The topological polar surface area (TPSA) is 90.9 Å². The van der Waals surface area contributed by atoms with E-state index < -0.39 is 18.6 Å². The highest BCUT2D eigenvalue weighted by molar-refractivity contribution is 5.73. The minimum atomic E-state index is -1.13. The van der Waals surface area contributed by atoms with Gasteiger partial charge >= 0.3 is 12.0 Å². The number of urea groups is 1. The lowest BCUT2D eigenvalue weighted by Crippen LogP contribution is -2.39. The van der Waals surface area contributed by atoms with Crippen LogP contribution in [0.4, 0.5) is 4.79 Å². The normalized spacial score (nSPS) is 20.1. The van der Waals surface area contributed by atoms with E-state index in [4.69, 9.17) is 5.11 Å². The largest absolute Gasteiger partial charge is 0.479 e. The Bertz CT molecular complexity index is 296. The van der Waals surface area contributed by atoms with Gasteiger partial charge in [-0.25, -0.2) is 15.1 Å². The van der Waals surface area contributed by atoms with Crippen molar-refractivity contribution in [3.63, 3.8) is 0 Å². The standard InChI is InChI=1S/C11H21N3O4/c1-8(2)14-4-3-9(6-14)5-12-11(17)13-18-7-10(15)16/h8-9H,3-7H2,1-2H3,(H,15,16)(H2,12,13,17). The van der Waals surface area contributed by atoms with Crippen molar-refractivity contribution in [3.8, 4) is 0 Å². The summed E-state index contributed by atoms with van der Waals surface area (Å²) >= 11 is 0. The van der Waals surface area contributed by atoms with Gasteiger partial charge < -0.3 is 15.3 Å². The van der Waals surface area contributed by atoms with E-state index in [-0.39, 0.29) is 0 Å². The maximum absolute atomic E-state index is 11.2. The van der Waals surface area contributed by atoms with Gasteiger partial charge in [0, 0.05) is 19.1 Å². The Morgan fingerprint density at radius 2 is 2.22 bits per heavy atom. The van der Waals surface area contributed by atoms with E-state index >= 15 is 0 Å². The van der Waals surface area contributed by atoms with E-state index in [2.05, 4.69) is 28.9 Å². The van der Waals surface area contributed by atoms with Gasteiger partial charge in [0.2, 0.25) is 0 Å². The molecule has 2 amide bonds. The third kappa shape index (κ3) is 5.33. The lowest BCUT2D eigenvalue weighted by Gasteiger charge is -2.20. The molecular formula is C11H21N3O4. The summed E-state index contributed by atoms with van der Waals surface area (Å²) in [5, 5.41) is 11.0. The molecule has 0 aromatic heterocycles. The molecular weight excluding hydrogens is 238 g/mol. The Morgan fingerprint density at radius 1 is 1.50 bits per heavy atom. The number of aliphatic carboxylic acids is 1. The summed E-state index contributed by atoms with van der Waals surface area (Å²) in [4.78, 5) is 28.2. The number of nitrogens with one attached hydrogen (secondary N) is 2. The van der Waals surface area contributed by atoms with Crippen LogP contribution in [0.2, 0.25) is 0 Å². The van der Waals surface area contributed by atoms with Gasteiger partial charge in [-0.15, -0.1) is 0 Å². The molecule has 0 spiro atoms. The first-order valence-corrected chi connectivity index (χ1v) is 6.10. The van der Waals surface area contributed by atoms with Crippen LogP contribution in [-0.2, 0) is 9.63 Å². The quantitative estimate of drug-likeness (QED) is 0.585. The summed E-state index contributed by atoms with van der Waals surface area (Å²) in [5.74, 6) is -0.684. The Hall–Kier alpha value is -1.34. The highest BCUT2D eigenvalue weighted by Gasteiger charge is 2.24. The first kappa shape index (κ1) is 14.7. The fourth-order valence-electron chi connectivity index (χ4n) is 1.93. The van der Waals surface area contributed by atoms with Crippen molar-refractivity contribution in [2.75, 3.05) is 26.2 Å².